The smallest absolute Gasteiger partial charge is 0.257 e. The number of morpholine rings is 1. The molecule has 1 N–H and O–H groups in total. The van der Waals surface area contributed by atoms with Crippen LogP contribution in [-0.2, 0) is 9.53 Å². The molecule has 6 nitrogen and oxygen atoms in total. The fraction of sp³-hybridized carbons (Fsp3) is 0.368. The molecule has 142 valence electrons. The lowest BCUT2D eigenvalue weighted by Crippen LogP contribution is -2.43. The lowest BCUT2D eigenvalue weighted by atomic mass is 10.2. The van der Waals surface area contributed by atoms with E-state index in [2.05, 4.69) is 32.7 Å². The van der Waals surface area contributed by atoms with Crippen molar-refractivity contribution >= 4 is 40.1 Å². The van der Waals surface area contributed by atoms with Crippen LogP contribution in [-0.4, -0.2) is 54.4 Å². The Morgan fingerprint density at radius 1 is 1.26 bits per heavy atom. The van der Waals surface area contributed by atoms with E-state index in [1.54, 1.807) is 11.3 Å². The molecule has 0 saturated carbocycles. The monoisotopic (exact) mass is 403 g/mol. The number of nitrogens with one attached hydrogen (secondary N) is 1. The molecule has 1 aliphatic heterocycles. The maximum absolute atomic E-state index is 12.3. The second-order valence-corrected chi connectivity index (χ2v) is 8.13. The van der Waals surface area contributed by atoms with Crippen LogP contribution in [0.5, 0.6) is 0 Å². The first-order chi connectivity index (χ1) is 13.3. The van der Waals surface area contributed by atoms with Crippen LogP contribution in [0.3, 0.4) is 0 Å². The Hall–Kier alpha value is -1.87. The van der Waals surface area contributed by atoms with Gasteiger partial charge in [0.1, 0.15) is 5.52 Å². The van der Waals surface area contributed by atoms with E-state index in [4.69, 9.17) is 9.15 Å². The standard InChI is InChI=1S/C19H21N3O3S2/c23-18(13-27-19-21-14-4-1-2-5-16(14)25-19)20-12-15(17-6-3-11-26-17)22-7-9-24-10-8-22/h1-6,11,15H,7-10,12-13H2,(H,20,23)/t15-/m0/s1. The first-order valence-corrected chi connectivity index (χ1v) is 10.8. The van der Waals surface area contributed by atoms with Crippen LogP contribution in [0, 0.1) is 0 Å². The molecular formula is C19H21N3O3S2. The molecule has 1 atom stereocenters. The number of aromatic nitrogens is 1. The first-order valence-electron chi connectivity index (χ1n) is 8.90. The molecule has 0 radical (unpaired) electrons. The van der Waals surface area contributed by atoms with Gasteiger partial charge in [0.05, 0.1) is 25.0 Å². The van der Waals surface area contributed by atoms with E-state index in [1.165, 1.54) is 16.6 Å². The predicted octanol–water partition coefficient (Wildman–Crippen LogP) is 3.17. The minimum Gasteiger partial charge on any atom is -0.431 e. The van der Waals surface area contributed by atoms with Crippen LogP contribution in [0.4, 0.5) is 0 Å². The Morgan fingerprint density at radius 3 is 2.89 bits per heavy atom. The summed E-state index contributed by atoms with van der Waals surface area (Å²) in [7, 11) is 0. The number of carbonyl (C=O) groups excluding carboxylic acids is 1. The van der Waals surface area contributed by atoms with Crippen molar-refractivity contribution in [3.05, 3.63) is 46.7 Å². The highest BCUT2D eigenvalue weighted by Crippen LogP contribution is 2.26. The number of amides is 1. The summed E-state index contributed by atoms with van der Waals surface area (Å²) in [5.74, 6) is 0.268. The molecule has 1 fully saturated rings. The molecule has 0 spiro atoms. The minimum absolute atomic E-state index is 0.0166. The molecule has 1 saturated heterocycles. The fourth-order valence-electron chi connectivity index (χ4n) is 3.08. The number of benzene rings is 1. The molecule has 0 unspecified atom stereocenters. The molecule has 8 heteroatoms. The van der Waals surface area contributed by atoms with Gasteiger partial charge >= 0.3 is 0 Å². The molecular weight excluding hydrogens is 382 g/mol. The topological polar surface area (TPSA) is 67.6 Å². The number of para-hydroxylation sites is 2. The fourth-order valence-corrected chi connectivity index (χ4v) is 4.61. The lowest BCUT2D eigenvalue weighted by Gasteiger charge is -2.34. The largest absolute Gasteiger partial charge is 0.431 e. The molecule has 4 rings (SSSR count). The van der Waals surface area contributed by atoms with Gasteiger partial charge in [-0.15, -0.1) is 11.3 Å². The third-order valence-corrected chi connectivity index (χ3v) is 6.25. The Balaban J connectivity index is 1.32. The second kappa shape index (κ2) is 8.88. The summed E-state index contributed by atoms with van der Waals surface area (Å²) in [5, 5.41) is 5.67. The number of ether oxygens (including phenoxy) is 1. The number of fused-ring (bicyclic) bond motifs is 1. The van der Waals surface area contributed by atoms with Gasteiger partial charge in [-0.25, -0.2) is 4.98 Å². The molecule has 0 aliphatic carbocycles. The first kappa shape index (κ1) is 18.5. The molecule has 2 aromatic heterocycles. The predicted molar refractivity (Wildman–Crippen MR) is 107 cm³/mol. The number of nitrogens with zero attached hydrogens (tertiary/aromatic N) is 2. The number of rotatable bonds is 7. The molecule has 3 aromatic rings. The van der Waals surface area contributed by atoms with Crippen LogP contribution in [0.25, 0.3) is 11.1 Å². The van der Waals surface area contributed by atoms with Gasteiger partial charge in [0, 0.05) is 24.5 Å². The number of hydrogen-bond donors (Lipinski definition) is 1. The lowest BCUT2D eigenvalue weighted by molar-refractivity contribution is -0.118. The van der Waals surface area contributed by atoms with Gasteiger partial charge in [-0.1, -0.05) is 30.0 Å². The van der Waals surface area contributed by atoms with Gasteiger partial charge in [0.15, 0.2) is 5.58 Å². The zero-order valence-electron chi connectivity index (χ0n) is 14.8. The van der Waals surface area contributed by atoms with Gasteiger partial charge < -0.3 is 14.5 Å². The third kappa shape index (κ3) is 4.70. The summed E-state index contributed by atoms with van der Waals surface area (Å²) < 4.78 is 11.1. The normalized spacial score (nSPS) is 16.4. The van der Waals surface area contributed by atoms with Crippen molar-refractivity contribution in [3.63, 3.8) is 0 Å². The van der Waals surface area contributed by atoms with Gasteiger partial charge in [0.25, 0.3) is 5.22 Å². The summed E-state index contributed by atoms with van der Waals surface area (Å²) in [6.45, 7) is 3.84. The number of hydrogen-bond acceptors (Lipinski definition) is 7. The van der Waals surface area contributed by atoms with Crippen molar-refractivity contribution in [2.24, 2.45) is 0 Å². The summed E-state index contributed by atoms with van der Waals surface area (Å²) >= 11 is 3.04. The Labute approximate surface area is 165 Å². The summed E-state index contributed by atoms with van der Waals surface area (Å²) in [6, 6.07) is 12.0. The highest BCUT2D eigenvalue weighted by atomic mass is 32.2. The van der Waals surface area contributed by atoms with Crippen LogP contribution in [0.2, 0.25) is 0 Å². The van der Waals surface area contributed by atoms with Crippen molar-refractivity contribution in [2.75, 3.05) is 38.6 Å². The maximum Gasteiger partial charge on any atom is 0.257 e. The van der Waals surface area contributed by atoms with Gasteiger partial charge in [-0.3, -0.25) is 9.69 Å². The number of carbonyl (C=O) groups is 1. The van der Waals surface area contributed by atoms with E-state index in [0.717, 1.165) is 37.4 Å². The Kier molecular flexibility index (Phi) is 6.08. The third-order valence-electron chi connectivity index (χ3n) is 4.45. The van der Waals surface area contributed by atoms with Crippen molar-refractivity contribution in [1.82, 2.24) is 15.2 Å². The zero-order valence-corrected chi connectivity index (χ0v) is 16.4. The van der Waals surface area contributed by atoms with Crippen molar-refractivity contribution in [2.45, 2.75) is 11.3 Å². The molecule has 1 aromatic carbocycles. The molecule has 1 amide bonds. The molecule has 3 heterocycles. The Morgan fingerprint density at radius 2 is 2.11 bits per heavy atom. The van der Waals surface area contributed by atoms with Crippen LogP contribution in [0.1, 0.15) is 10.9 Å². The van der Waals surface area contributed by atoms with Crippen molar-refractivity contribution in [1.29, 1.82) is 0 Å². The highest BCUT2D eigenvalue weighted by Gasteiger charge is 2.24. The average Bonchev–Trinajstić information content (AvgIpc) is 3.37. The zero-order chi connectivity index (χ0) is 18.5. The van der Waals surface area contributed by atoms with Gasteiger partial charge in [0.2, 0.25) is 5.91 Å². The van der Waals surface area contributed by atoms with Crippen LogP contribution >= 0.6 is 23.1 Å². The van der Waals surface area contributed by atoms with Crippen molar-refractivity contribution in [3.8, 4) is 0 Å². The van der Waals surface area contributed by atoms with Crippen LogP contribution < -0.4 is 5.32 Å². The minimum atomic E-state index is -0.0166. The van der Waals surface area contributed by atoms with E-state index in [9.17, 15) is 4.79 Å². The average molecular weight is 404 g/mol. The molecule has 1 aliphatic rings. The van der Waals surface area contributed by atoms with E-state index in [1.807, 2.05) is 24.3 Å². The number of thiophene rings is 1. The molecule has 0 bridgehead atoms. The Bertz CT molecular complexity index is 842. The molecule has 27 heavy (non-hydrogen) atoms. The number of oxazole rings is 1. The summed E-state index contributed by atoms with van der Waals surface area (Å²) in [5.41, 5.74) is 1.55. The SMILES string of the molecule is O=C(CSc1nc2ccccc2o1)NC[C@@H](c1cccs1)N1CCOCC1. The van der Waals surface area contributed by atoms with E-state index < -0.39 is 0 Å². The van der Waals surface area contributed by atoms with E-state index in [-0.39, 0.29) is 17.7 Å². The summed E-state index contributed by atoms with van der Waals surface area (Å²) in [6.07, 6.45) is 0. The van der Waals surface area contributed by atoms with Gasteiger partial charge in [-0.2, -0.15) is 0 Å². The quantitative estimate of drug-likeness (QED) is 0.611. The van der Waals surface area contributed by atoms with Crippen molar-refractivity contribution < 1.29 is 13.9 Å². The van der Waals surface area contributed by atoms with E-state index >= 15 is 0 Å². The second-order valence-electron chi connectivity index (χ2n) is 6.22. The van der Waals surface area contributed by atoms with Gasteiger partial charge in [-0.05, 0) is 23.6 Å². The summed E-state index contributed by atoms with van der Waals surface area (Å²) in [4.78, 5) is 20.4. The number of thioether (sulfide) groups is 1. The maximum atomic E-state index is 12.3. The highest BCUT2D eigenvalue weighted by molar-refractivity contribution is 7.99. The van der Waals surface area contributed by atoms with Crippen LogP contribution in [0.15, 0.2) is 51.4 Å². The van der Waals surface area contributed by atoms with E-state index in [0.29, 0.717) is 11.8 Å².